The number of rotatable bonds is 4. The summed E-state index contributed by atoms with van der Waals surface area (Å²) in [5.74, 6) is 0.830. The molecule has 5 heteroatoms. The van der Waals surface area contributed by atoms with Gasteiger partial charge in [-0.05, 0) is 60.4 Å². The Morgan fingerprint density at radius 1 is 0.756 bits per heavy atom. The summed E-state index contributed by atoms with van der Waals surface area (Å²) >= 11 is 0. The van der Waals surface area contributed by atoms with Gasteiger partial charge in [0.2, 0.25) is 0 Å². The topological polar surface area (TPSA) is 43.9 Å². The van der Waals surface area contributed by atoms with E-state index in [0.29, 0.717) is 0 Å². The van der Waals surface area contributed by atoms with Crippen molar-refractivity contribution in [1.82, 2.24) is 14.5 Å². The Kier molecular flexibility index (Phi) is 7.76. The zero-order chi connectivity index (χ0) is 32.4. The average Bonchev–Trinajstić information content (AvgIpc) is 3.70. The quantitative estimate of drug-likeness (QED) is 0.168. The van der Waals surface area contributed by atoms with Gasteiger partial charge in [0, 0.05) is 47.9 Å². The molecule has 3 heterocycles. The van der Waals surface area contributed by atoms with Gasteiger partial charge in [0.15, 0.2) is 0 Å². The molecule has 0 bridgehead atoms. The van der Waals surface area contributed by atoms with E-state index in [9.17, 15) is 0 Å². The Labute approximate surface area is 280 Å². The van der Waals surface area contributed by atoms with Gasteiger partial charge in [-0.25, -0.2) is 0 Å². The second-order valence-electron chi connectivity index (χ2n) is 10.5. The molecule has 0 aliphatic heterocycles. The monoisotopic (exact) mass is 763 g/mol. The summed E-state index contributed by atoms with van der Waals surface area (Å²) in [7, 11) is 0. The van der Waals surface area contributed by atoms with Crippen LogP contribution in [-0.4, -0.2) is 14.5 Å². The molecule has 0 aliphatic carbocycles. The summed E-state index contributed by atoms with van der Waals surface area (Å²) < 4.78 is 29.7. The minimum atomic E-state index is -2.09. The molecular formula is C40H29IrN3O-2. The molecule has 4 nitrogen and oxygen atoms in total. The maximum atomic E-state index is 7.23. The van der Waals surface area contributed by atoms with Gasteiger partial charge >= 0.3 is 0 Å². The van der Waals surface area contributed by atoms with E-state index in [4.69, 9.17) is 13.5 Å². The zero-order valence-electron chi connectivity index (χ0n) is 27.4. The molecule has 0 aliphatic rings. The molecule has 5 aromatic carbocycles. The van der Waals surface area contributed by atoms with Crippen LogP contribution in [0.4, 0.5) is 0 Å². The molecule has 0 atom stereocenters. The fourth-order valence-electron chi connectivity index (χ4n) is 5.24. The Morgan fingerprint density at radius 3 is 2.27 bits per heavy atom. The van der Waals surface area contributed by atoms with Crippen LogP contribution in [0.1, 0.15) is 15.2 Å². The SMILES string of the molecule is Cc1ccc2c(-c3nc4ccccc4n3-c3ccc(-c4ccccc4)cc3)[c-]oc2c1.[2H]C([2H])([2H])c1ccc(-c2[c-]cccc2)nc1.[Ir]. The van der Waals surface area contributed by atoms with E-state index in [1.807, 2.05) is 48.5 Å². The number of aryl methyl sites for hydroxylation is 2. The van der Waals surface area contributed by atoms with Gasteiger partial charge in [0.25, 0.3) is 0 Å². The van der Waals surface area contributed by atoms with Crippen molar-refractivity contribution in [2.45, 2.75) is 13.8 Å². The third-order valence-electron chi connectivity index (χ3n) is 7.44. The van der Waals surface area contributed by atoms with Gasteiger partial charge < -0.3 is 14.0 Å². The molecule has 1 radical (unpaired) electrons. The molecule has 8 aromatic rings. The molecule has 0 unspecified atom stereocenters. The van der Waals surface area contributed by atoms with Gasteiger partial charge in [-0.2, -0.15) is 0 Å². The van der Waals surface area contributed by atoms with Crippen molar-refractivity contribution in [1.29, 1.82) is 0 Å². The minimum absolute atomic E-state index is 0. The maximum absolute atomic E-state index is 7.23. The van der Waals surface area contributed by atoms with Crippen LogP contribution < -0.4 is 0 Å². The number of pyridine rings is 1. The number of benzene rings is 5. The number of fused-ring (bicyclic) bond motifs is 2. The van der Waals surface area contributed by atoms with Gasteiger partial charge in [0.05, 0.1) is 16.9 Å². The molecule has 0 saturated heterocycles. The first-order valence-electron chi connectivity index (χ1n) is 15.8. The molecule has 0 N–H and O–H groups in total. The van der Waals surface area contributed by atoms with Crippen LogP contribution in [0.3, 0.4) is 0 Å². The molecule has 8 rings (SSSR count). The number of imidazole rings is 1. The van der Waals surface area contributed by atoms with Gasteiger partial charge in [0.1, 0.15) is 0 Å². The number of furan rings is 1. The summed E-state index contributed by atoms with van der Waals surface area (Å²) in [4.78, 5) is 9.08. The zero-order valence-corrected chi connectivity index (χ0v) is 26.8. The summed E-state index contributed by atoms with van der Waals surface area (Å²) in [6, 6.07) is 47.2. The fraction of sp³-hybridized carbons (Fsp3) is 0.0500. The van der Waals surface area contributed by atoms with E-state index in [0.717, 1.165) is 55.9 Å². The third-order valence-corrected chi connectivity index (χ3v) is 7.44. The molecule has 3 aromatic heterocycles. The first-order valence-corrected chi connectivity index (χ1v) is 14.3. The minimum Gasteiger partial charge on any atom is -0.557 e. The largest absolute Gasteiger partial charge is 0.557 e. The molecule has 0 spiro atoms. The van der Waals surface area contributed by atoms with E-state index in [2.05, 4.69) is 95.5 Å². The van der Waals surface area contributed by atoms with Gasteiger partial charge in [-0.1, -0.05) is 95.4 Å². The van der Waals surface area contributed by atoms with Crippen LogP contribution in [0.5, 0.6) is 0 Å². The van der Waals surface area contributed by atoms with Crippen molar-refractivity contribution in [3.63, 3.8) is 0 Å². The van der Waals surface area contributed by atoms with Crippen LogP contribution in [0.2, 0.25) is 0 Å². The molecular weight excluding hydrogens is 731 g/mol. The van der Waals surface area contributed by atoms with Crippen molar-refractivity contribution in [3.05, 3.63) is 163 Å². The Bertz CT molecular complexity index is 2280. The van der Waals surface area contributed by atoms with E-state index < -0.39 is 6.85 Å². The van der Waals surface area contributed by atoms with E-state index >= 15 is 0 Å². The Hall–Kier alpha value is -5.09. The van der Waals surface area contributed by atoms with Crippen LogP contribution in [0, 0.1) is 26.1 Å². The van der Waals surface area contributed by atoms with Gasteiger partial charge in [-0.15, -0.1) is 42.0 Å². The number of nitrogens with zero attached hydrogens (tertiary/aromatic N) is 3. The smallest absolute Gasteiger partial charge is 0.0774 e. The predicted molar refractivity (Wildman–Crippen MR) is 179 cm³/mol. The maximum Gasteiger partial charge on any atom is 0.0774 e. The number of hydrogen-bond acceptors (Lipinski definition) is 3. The third kappa shape index (κ3) is 6.27. The molecule has 221 valence electrons. The summed E-state index contributed by atoms with van der Waals surface area (Å²) in [6.07, 6.45) is 4.50. The van der Waals surface area contributed by atoms with Crippen LogP contribution in [0.15, 0.2) is 144 Å². The van der Waals surface area contributed by atoms with Crippen molar-refractivity contribution in [2.24, 2.45) is 0 Å². The van der Waals surface area contributed by atoms with Crippen LogP contribution in [-0.2, 0) is 20.1 Å². The second-order valence-corrected chi connectivity index (χ2v) is 10.5. The fourth-order valence-corrected chi connectivity index (χ4v) is 5.24. The van der Waals surface area contributed by atoms with Crippen molar-refractivity contribution >= 4 is 22.0 Å². The summed E-state index contributed by atoms with van der Waals surface area (Å²) in [6.45, 7) is -0.0307. The predicted octanol–water partition coefficient (Wildman–Crippen LogP) is 10.1. The van der Waals surface area contributed by atoms with Gasteiger partial charge in [-0.3, -0.25) is 4.98 Å². The first kappa shape index (κ1) is 26.3. The van der Waals surface area contributed by atoms with Crippen molar-refractivity contribution in [3.8, 4) is 39.5 Å². The number of hydrogen-bond donors (Lipinski definition) is 0. The van der Waals surface area contributed by atoms with E-state index in [1.165, 1.54) is 17.3 Å². The molecule has 0 amide bonds. The number of aromatic nitrogens is 3. The van der Waals surface area contributed by atoms with Crippen molar-refractivity contribution < 1.29 is 28.6 Å². The second kappa shape index (κ2) is 13.3. The van der Waals surface area contributed by atoms with E-state index in [1.54, 1.807) is 18.2 Å². The first-order chi connectivity index (χ1) is 22.8. The van der Waals surface area contributed by atoms with Crippen LogP contribution >= 0.6 is 0 Å². The Balaban J connectivity index is 0.000000201. The standard InChI is InChI=1S/C28H19N2O.C12H10N.Ir/c1-19-11-16-23-24(18-31-27(23)17-19)28-29-25-9-5-6-10-26(25)30(28)22-14-12-21(13-15-22)20-7-3-2-4-8-20;1-10-7-8-12(13-9-10)11-5-3-2-4-6-11;/h2-17H,1H3;2-5,7-9H,1H3;/q2*-1;/i;1D3;. The Morgan fingerprint density at radius 2 is 1.51 bits per heavy atom. The summed E-state index contributed by atoms with van der Waals surface area (Å²) in [5, 5.41) is 1.02. The molecule has 0 fully saturated rings. The van der Waals surface area contributed by atoms with E-state index in [-0.39, 0.29) is 25.7 Å². The molecule has 0 saturated carbocycles. The average molecular weight is 763 g/mol. The van der Waals surface area contributed by atoms with Crippen molar-refractivity contribution in [2.75, 3.05) is 0 Å². The van der Waals surface area contributed by atoms with Crippen LogP contribution in [0.25, 0.3) is 61.5 Å². The number of para-hydroxylation sites is 2. The normalized spacial score (nSPS) is 12.0. The summed E-state index contributed by atoms with van der Waals surface area (Å²) in [5.41, 5.74) is 10.1. The molecule has 45 heavy (non-hydrogen) atoms.